The van der Waals surface area contributed by atoms with Crippen LogP contribution in [-0.2, 0) is 28.2 Å². The highest BCUT2D eigenvalue weighted by Crippen LogP contribution is 2.36. The molecule has 8 nitrogen and oxygen atoms in total. The Hall–Kier alpha value is -1.21. The third-order valence-corrected chi connectivity index (χ3v) is 8.52. The summed E-state index contributed by atoms with van der Waals surface area (Å²) >= 11 is 0. The van der Waals surface area contributed by atoms with Crippen LogP contribution in [0.25, 0.3) is 0 Å². The Balaban J connectivity index is 3.92. The maximum Gasteiger partial charge on any atom is 0.469 e. The summed E-state index contributed by atoms with van der Waals surface area (Å²) < 4.78 is 26.2. The summed E-state index contributed by atoms with van der Waals surface area (Å²) in [6, 6.07) is 0. The second-order valence-electron chi connectivity index (χ2n) is 12.6. The molecule has 0 aliphatic heterocycles. The number of esters is 2. The standard InChI is InChI=1S/C36H69O8P/c1-3-5-7-9-11-13-15-16-17-18-19-21-22-24-26-28-30-35(37)42-32-34(33-43-45(39,40)41)44-36(38)31-29-27-25-23-20-14-12-10-8-6-4-2/h10,12,34H,3-9,11,13-33H2,1-2H3,(H2,39,40,41)/b12-10+/t34-/m1/s1. The number of hydrogen-bond donors (Lipinski definition) is 2. The number of phosphoric acid groups is 1. The van der Waals surface area contributed by atoms with Crippen molar-refractivity contribution in [3.8, 4) is 0 Å². The molecule has 0 rings (SSSR count). The first-order chi connectivity index (χ1) is 21.8. The highest BCUT2D eigenvalue weighted by molar-refractivity contribution is 7.46. The van der Waals surface area contributed by atoms with Crippen molar-refractivity contribution >= 4 is 19.8 Å². The van der Waals surface area contributed by atoms with Crippen LogP contribution in [0.4, 0.5) is 0 Å². The molecule has 0 amide bonds. The van der Waals surface area contributed by atoms with Crippen molar-refractivity contribution in [2.24, 2.45) is 0 Å². The second-order valence-corrected chi connectivity index (χ2v) is 13.8. The summed E-state index contributed by atoms with van der Waals surface area (Å²) in [5, 5.41) is 0. The Kier molecular flexibility index (Phi) is 31.8. The first-order valence-electron chi connectivity index (χ1n) is 18.5. The predicted molar refractivity (Wildman–Crippen MR) is 184 cm³/mol. The van der Waals surface area contributed by atoms with E-state index in [9.17, 15) is 14.2 Å². The minimum atomic E-state index is -4.74. The van der Waals surface area contributed by atoms with Gasteiger partial charge in [0.1, 0.15) is 6.61 Å². The molecule has 0 heterocycles. The zero-order chi connectivity index (χ0) is 33.3. The largest absolute Gasteiger partial charge is 0.469 e. The first-order valence-corrected chi connectivity index (χ1v) is 20.0. The quantitative estimate of drug-likeness (QED) is 0.0303. The summed E-state index contributed by atoms with van der Waals surface area (Å²) in [7, 11) is -4.74. The van der Waals surface area contributed by atoms with Gasteiger partial charge in [-0.3, -0.25) is 14.1 Å². The van der Waals surface area contributed by atoms with Gasteiger partial charge in [0.25, 0.3) is 0 Å². The average Bonchev–Trinajstić information content (AvgIpc) is 3.00. The van der Waals surface area contributed by atoms with E-state index in [0.717, 1.165) is 57.8 Å². The minimum absolute atomic E-state index is 0.205. The lowest BCUT2D eigenvalue weighted by molar-refractivity contribution is -0.161. The molecule has 0 aromatic rings. The first kappa shape index (κ1) is 43.8. The van der Waals surface area contributed by atoms with Crippen LogP contribution in [0.3, 0.4) is 0 Å². The molecular weight excluding hydrogens is 591 g/mol. The van der Waals surface area contributed by atoms with Crippen LogP contribution in [0.15, 0.2) is 12.2 Å². The summed E-state index contributed by atoms with van der Waals surface area (Å²) in [6.07, 6.45) is 33.6. The van der Waals surface area contributed by atoms with E-state index in [1.54, 1.807) is 0 Å². The van der Waals surface area contributed by atoms with Crippen molar-refractivity contribution in [1.29, 1.82) is 0 Å². The molecule has 0 aliphatic carbocycles. The molecule has 0 aromatic heterocycles. The number of rotatable bonds is 34. The van der Waals surface area contributed by atoms with Gasteiger partial charge in [-0.05, 0) is 32.1 Å². The fourth-order valence-corrected chi connectivity index (χ4v) is 5.60. The predicted octanol–water partition coefficient (Wildman–Crippen LogP) is 10.7. The zero-order valence-corrected chi connectivity index (χ0v) is 29.9. The van der Waals surface area contributed by atoms with Gasteiger partial charge in [-0.15, -0.1) is 0 Å². The molecule has 2 N–H and O–H groups in total. The summed E-state index contributed by atoms with van der Waals surface area (Å²) in [6.45, 7) is 3.64. The minimum Gasteiger partial charge on any atom is -0.462 e. The third-order valence-electron chi connectivity index (χ3n) is 8.03. The van der Waals surface area contributed by atoms with Gasteiger partial charge in [0.15, 0.2) is 6.10 Å². The Labute approximate surface area is 276 Å². The zero-order valence-electron chi connectivity index (χ0n) is 29.0. The van der Waals surface area contributed by atoms with Gasteiger partial charge in [0.05, 0.1) is 6.61 Å². The van der Waals surface area contributed by atoms with Crippen molar-refractivity contribution in [3.05, 3.63) is 12.2 Å². The van der Waals surface area contributed by atoms with Crippen LogP contribution < -0.4 is 0 Å². The summed E-state index contributed by atoms with van der Waals surface area (Å²) in [5.41, 5.74) is 0. The summed E-state index contributed by atoms with van der Waals surface area (Å²) in [5.74, 6) is -0.889. The Morgan fingerprint density at radius 1 is 0.556 bits per heavy atom. The fourth-order valence-electron chi connectivity index (χ4n) is 5.24. The number of allylic oxidation sites excluding steroid dienone is 2. The second kappa shape index (κ2) is 32.7. The van der Waals surface area contributed by atoms with E-state index in [1.807, 2.05) is 0 Å². The van der Waals surface area contributed by atoms with Crippen molar-refractivity contribution in [1.82, 2.24) is 0 Å². The number of hydrogen-bond acceptors (Lipinski definition) is 6. The fraction of sp³-hybridized carbons (Fsp3) is 0.889. The van der Waals surface area contributed by atoms with Crippen LogP contribution >= 0.6 is 7.82 Å². The molecule has 0 aliphatic rings. The van der Waals surface area contributed by atoms with E-state index in [1.165, 1.54) is 96.3 Å². The van der Waals surface area contributed by atoms with Crippen molar-refractivity contribution < 1.29 is 37.9 Å². The van der Waals surface area contributed by atoms with Gasteiger partial charge < -0.3 is 19.3 Å². The van der Waals surface area contributed by atoms with E-state index < -0.39 is 32.5 Å². The molecule has 0 saturated heterocycles. The Bertz CT molecular complexity index is 751. The number of ether oxygens (including phenoxy) is 2. The topological polar surface area (TPSA) is 119 Å². The number of carbonyl (C=O) groups excluding carboxylic acids is 2. The molecule has 45 heavy (non-hydrogen) atoms. The van der Waals surface area contributed by atoms with Crippen LogP contribution in [0.2, 0.25) is 0 Å². The molecule has 0 aromatic carbocycles. The molecule has 0 spiro atoms. The monoisotopic (exact) mass is 660 g/mol. The lowest BCUT2D eigenvalue weighted by Crippen LogP contribution is -2.29. The average molecular weight is 661 g/mol. The molecule has 9 heteroatoms. The molecule has 0 fully saturated rings. The number of unbranched alkanes of at least 4 members (excludes halogenated alkanes) is 22. The molecular formula is C36H69O8P. The van der Waals surface area contributed by atoms with E-state index in [4.69, 9.17) is 19.3 Å². The molecule has 266 valence electrons. The molecule has 0 radical (unpaired) electrons. The Morgan fingerprint density at radius 2 is 0.956 bits per heavy atom. The highest BCUT2D eigenvalue weighted by Gasteiger charge is 2.22. The van der Waals surface area contributed by atoms with Gasteiger partial charge >= 0.3 is 19.8 Å². The molecule has 1 atom stereocenters. The van der Waals surface area contributed by atoms with Gasteiger partial charge in [-0.1, -0.05) is 154 Å². The smallest absolute Gasteiger partial charge is 0.462 e. The number of carbonyl (C=O) groups is 2. The van der Waals surface area contributed by atoms with Gasteiger partial charge in [-0.2, -0.15) is 0 Å². The van der Waals surface area contributed by atoms with Crippen molar-refractivity contribution in [3.63, 3.8) is 0 Å². The van der Waals surface area contributed by atoms with Gasteiger partial charge in [0.2, 0.25) is 0 Å². The molecule has 0 unspecified atom stereocenters. The van der Waals surface area contributed by atoms with Crippen molar-refractivity contribution in [2.75, 3.05) is 13.2 Å². The third kappa shape index (κ3) is 35.5. The Morgan fingerprint density at radius 3 is 1.42 bits per heavy atom. The van der Waals surface area contributed by atoms with E-state index in [-0.39, 0.29) is 19.4 Å². The van der Waals surface area contributed by atoms with E-state index >= 15 is 0 Å². The molecule has 0 saturated carbocycles. The lowest BCUT2D eigenvalue weighted by Gasteiger charge is -2.18. The highest BCUT2D eigenvalue weighted by atomic mass is 31.2. The van der Waals surface area contributed by atoms with Crippen molar-refractivity contribution in [2.45, 2.75) is 193 Å². The lowest BCUT2D eigenvalue weighted by atomic mass is 10.0. The van der Waals surface area contributed by atoms with Gasteiger partial charge in [0, 0.05) is 12.8 Å². The molecule has 0 bridgehead atoms. The maximum atomic E-state index is 12.3. The van der Waals surface area contributed by atoms with E-state index in [2.05, 4.69) is 30.5 Å². The maximum absolute atomic E-state index is 12.3. The van der Waals surface area contributed by atoms with E-state index in [0.29, 0.717) is 6.42 Å². The van der Waals surface area contributed by atoms with Crippen LogP contribution in [-0.4, -0.2) is 41.0 Å². The normalized spacial score (nSPS) is 12.5. The SMILES string of the molecule is CCCC/C=C/CCCCCCCC(=O)O[C@H](COC(=O)CCCCCCCCCCCCCCCCCC)COP(=O)(O)O. The van der Waals surface area contributed by atoms with Gasteiger partial charge in [-0.25, -0.2) is 4.57 Å². The number of phosphoric ester groups is 1. The van der Waals surface area contributed by atoms with Crippen LogP contribution in [0.5, 0.6) is 0 Å². The van der Waals surface area contributed by atoms with Crippen LogP contribution in [0, 0.1) is 0 Å². The van der Waals surface area contributed by atoms with Crippen LogP contribution in [0.1, 0.15) is 187 Å². The summed E-state index contributed by atoms with van der Waals surface area (Å²) in [4.78, 5) is 42.6.